The number of nitrogens with zero attached hydrogens (tertiary/aromatic N) is 1. The molecule has 2 aromatic carbocycles. The first kappa shape index (κ1) is 23.7. The zero-order valence-electron chi connectivity index (χ0n) is 19.1. The highest BCUT2D eigenvalue weighted by Gasteiger charge is 2.24. The van der Waals surface area contributed by atoms with Crippen LogP contribution in [0.2, 0.25) is 0 Å². The van der Waals surface area contributed by atoms with Crippen molar-refractivity contribution in [1.29, 1.82) is 0 Å². The number of ether oxygens (including phenoxy) is 1. The molecule has 2 aromatic rings. The molecule has 0 spiro atoms. The van der Waals surface area contributed by atoms with Crippen LogP contribution in [-0.4, -0.2) is 29.1 Å². The lowest BCUT2D eigenvalue weighted by Gasteiger charge is -2.26. The number of phenolic OH excluding ortho intramolecular Hbond substituents is 1. The SMILES string of the molecule is C=Cc1ccc(COc2cc(C=N[C@H](CO)C(C)(C)C)c(O)c(C(C)(C)C)c2)cc1. The summed E-state index contributed by atoms with van der Waals surface area (Å²) in [5.74, 6) is 0.864. The number of rotatable bonds is 7. The summed E-state index contributed by atoms with van der Waals surface area (Å²) >= 11 is 0. The zero-order chi connectivity index (χ0) is 22.5. The molecule has 30 heavy (non-hydrogen) atoms. The summed E-state index contributed by atoms with van der Waals surface area (Å²) in [6.45, 7) is 16.4. The van der Waals surface area contributed by atoms with Crippen LogP contribution in [0.1, 0.15) is 63.8 Å². The molecule has 2 rings (SSSR count). The molecule has 0 aromatic heterocycles. The Hall–Kier alpha value is -2.59. The molecule has 0 aliphatic rings. The fraction of sp³-hybridized carbons (Fsp3) is 0.423. The van der Waals surface area contributed by atoms with Gasteiger partial charge in [-0.05, 0) is 34.1 Å². The highest BCUT2D eigenvalue weighted by atomic mass is 16.5. The molecule has 0 radical (unpaired) electrons. The molecule has 0 aliphatic carbocycles. The van der Waals surface area contributed by atoms with Crippen LogP contribution in [0, 0.1) is 5.41 Å². The second-order valence-electron chi connectivity index (χ2n) is 9.74. The standard InChI is InChI=1S/C26H35NO3/c1-8-18-9-11-19(12-10-18)17-30-21-13-20(15-27-23(16-28)26(5,6)7)24(29)22(14-21)25(2,3)4/h8-15,23,28-29H,1,16-17H2,2-7H3/t23-/m1/s1. The van der Waals surface area contributed by atoms with Crippen LogP contribution in [0.4, 0.5) is 0 Å². The number of phenols is 1. The summed E-state index contributed by atoms with van der Waals surface area (Å²) in [6, 6.07) is 11.5. The third-order valence-corrected chi connectivity index (χ3v) is 5.11. The smallest absolute Gasteiger partial charge is 0.128 e. The second kappa shape index (κ2) is 9.48. The Morgan fingerprint density at radius 3 is 2.20 bits per heavy atom. The van der Waals surface area contributed by atoms with E-state index in [4.69, 9.17) is 4.74 Å². The highest BCUT2D eigenvalue weighted by Crippen LogP contribution is 2.36. The Morgan fingerprint density at radius 2 is 1.70 bits per heavy atom. The first-order valence-electron chi connectivity index (χ1n) is 10.3. The molecule has 4 heteroatoms. The largest absolute Gasteiger partial charge is 0.507 e. The van der Waals surface area contributed by atoms with Gasteiger partial charge in [0.1, 0.15) is 18.1 Å². The summed E-state index contributed by atoms with van der Waals surface area (Å²) in [5, 5.41) is 20.5. The summed E-state index contributed by atoms with van der Waals surface area (Å²) in [4.78, 5) is 4.55. The lowest BCUT2D eigenvalue weighted by atomic mass is 9.85. The molecule has 0 unspecified atom stereocenters. The van der Waals surface area contributed by atoms with Crippen molar-refractivity contribution in [3.05, 3.63) is 65.2 Å². The number of hydrogen-bond acceptors (Lipinski definition) is 4. The molecular weight excluding hydrogens is 374 g/mol. The van der Waals surface area contributed by atoms with Gasteiger partial charge < -0.3 is 14.9 Å². The van der Waals surface area contributed by atoms with Gasteiger partial charge in [-0.2, -0.15) is 0 Å². The van der Waals surface area contributed by atoms with Crippen molar-refractivity contribution in [3.8, 4) is 11.5 Å². The zero-order valence-corrected chi connectivity index (χ0v) is 19.1. The van der Waals surface area contributed by atoms with E-state index >= 15 is 0 Å². The third kappa shape index (κ3) is 6.20. The predicted molar refractivity (Wildman–Crippen MR) is 126 cm³/mol. The van der Waals surface area contributed by atoms with Crippen molar-refractivity contribution < 1.29 is 14.9 Å². The lowest BCUT2D eigenvalue weighted by Crippen LogP contribution is -2.28. The van der Waals surface area contributed by atoms with Crippen LogP contribution in [0.3, 0.4) is 0 Å². The van der Waals surface area contributed by atoms with Gasteiger partial charge in [0.05, 0.1) is 12.6 Å². The fourth-order valence-corrected chi connectivity index (χ4v) is 3.01. The van der Waals surface area contributed by atoms with Gasteiger partial charge in [-0.1, -0.05) is 78.5 Å². The molecule has 0 bridgehead atoms. The minimum atomic E-state index is -0.266. The van der Waals surface area contributed by atoms with Gasteiger partial charge >= 0.3 is 0 Å². The van der Waals surface area contributed by atoms with E-state index in [1.54, 1.807) is 12.3 Å². The average Bonchev–Trinajstić information content (AvgIpc) is 2.67. The first-order valence-corrected chi connectivity index (χ1v) is 10.3. The van der Waals surface area contributed by atoms with Crippen molar-refractivity contribution in [2.45, 2.75) is 59.6 Å². The minimum absolute atomic E-state index is 0.0518. The topological polar surface area (TPSA) is 62.0 Å². The normalized spacial score (nSPS) is 13.4. The second-order valence-corrected chi connectivity index (χ2v) is 9.74. The number of aromatic hydroxyl groups is 1. The number of aliphatic imine (C=N–C) groups is 1. The number of benzene rings is 2. The molecular formula is C26H35NO3. The van der Waals surface area contributed by atoms with Crippen molar-refractivity contribution in [2.24, 2.45) is 10.4 Å². The van der Waals surface area contributed by atoms with E-state index in [9.17, 15) is 10.2 Å². The summed E-state index contributed by atoms with van der Waals surface area (Å²) < 4.78 is 6.05. The number of hydrogen-bond donors (Lipinski definition) is 2. The third-order valence-electron chi connectivity index (χ3n) is 5.11. The Kier molecular flexibility index (Phi) is 7.49. The molecule has 0 heterocycles. The van der Waals surface area contributed by atoms with E-state index < -0.39 is 0 Å². The van der Waals surface area contributed by atoms with Crippen molar-refractivity contribution >= 4 is 12.3 Å². The molecule has 0 aliphatic heterocycles. The van der Waals surface area contributed by atoms with E-state index in [2.05, 4.69) is 11.6 Å². The summed E-state index contributed by atoms with van der Waals surface area (Å²) in [5.41, 5.74) is 3.04. The Morgan fingerprint density at radius 1 is 1.07 bits per heavy atom. The van der Waals surface area contributed by atoms with Gasteiger partial charge in [-0.25, -0.2) is 0 Å². The van der Waals surface area contributed by atoms with Crippen molar-refractivity contribution in [2.75, 3.05) is 6.61 Å². The Bertz CT molecular complexity index is 884. The fourth-order valence-electron chi connectivity index (χ4n) is 3.01. The van der Waals surface area contributed by atoms with Gasteiger partial charge in [-0.3, -0.25) is 4.99 Å². The van der Waals surface area contributed by atoms with Gasteiger partial charge in [0.25, 0.3) is 0 Å². The maximum atomic E-state index is 10.9. The maximum absolute atomic E-state index is 10.9. The van der Waals surface area contributed by atoms with Crippen LogP contribution in [0.15, 0.2) is 48.0 Å². The highest BCUT2D eigenvalue weighted by molar-refractivity contribution is 5.85. The monoisotopic (exact) mass is 409 g/mol. The Balaban J connectivity index is 2.35. The van der Waals surface area contributed by atoms with E-state index in [1.165, 1.54) is 0 Å². The number of aliphatic hydroxyl groups excluding tert-OH is 1. The molecule has 0 saturated heterocycles. The lowest BCUT2D eigenvalue weighted by molar-refractivity contribution is 0.191. The van der Waals surface area contributed by atoms with E-state index in [1.807, 2.05) is 78.0 Å². The van der Waals surface area contributed by atoms with E-state index in [0.29, 0.717) is 17.9 Å². The maximum Gasteiger partial charge on any atom is 0.128 e. The van der Waals surface area contributed by atoms with E-state index in [-0.39, 0.29) is 29.2 Å². The molecule has 1 atom stereocenters. The molecule has 0 amide bonds. The molecule has 0 fully saturated rings. The van der Waals surface area contributed by atoms with E-state index in [0.717, 1.165) is 16.7 Å². The molecule has 162 valence electrons. The summed E-state index contributed by atoms with van der Waals surface area (Å²) in [6.07, 6.45) is 3.45. The molecule has 2 N–H and O–H groups in total. The average molecular weight is 410 g/mol. The van der Waals surface area contributed by atoms with Crippen LogP contribution in [0.5, 0.6) is 11.5 Å². The minimum Gasteiger partial charge on any atom is -0.507 e. The van der Waals surface area contributed by atoms with Crippen LogP contribution >= 0.6 is 0 Å². The summed E-state index contributed by atoms with van der Waals surface area (Å²) in [7, 11) is 0. The quantitative estimate of drug-likeness (QED) is 0.573. The van der Waals surface area contributed by atoms with Gasteiger partial charge in [-0.15, -0.1) is 0 Å². The van der Waals surface area contributed by atoms with Crippen LogP contribution in [0.25, 0.3) is 6.08 Å². The first-order chi connectivity index (χ1) is 14.0. The van der Waals surface area contributed by atoms with Crippen molar-refractivity contribution in [1.82, 2.24) is 0 Å². The number of aliphatic hydroxyl groups is 1. The van der Waals surface area contributed by atoms with Gasteiger partial charge in [0.15, 0.2) is 0 Å². The van der Waals surface area contributed by atoms with Gasteiger partial charge in [0.2, 0.25) is 0 Å². The predicted octanol–water partition coefficient (Wildman–Crippen LogP) is 5.74. The van der Waals surface area contributed by atoms with Crippen LogP contribution in [-0.2, 0) is 12.0 Å². The Labute approximate surface area is 181 Å². The van der Waals surface area contributed by atoms with Crippen molar-refractivity contribution in [3.63, 3.8) is 0 Å². The van der Waals surface area contributed by atoms with Crippen LogP contribution < -0.4 is 4.74 Å². The molecule has 0 saturated carbocycles. The molecule has 4 nitrogen and oxygen atoms in total. The van der Waals surface area contributed by atoms with Gasteiger partial charge in [0, 0.05) is 17.3 Å².